The van der Waals surface area contributed by atoms with E-state index in [4.69, 9.17) is 5.73 Å². The molecule has 2 heterocycles. The minimum absolute atomic E-state index is 0.0838. The number of aromatic nitrogens is 1. The van der Waals surface area contributed by atoms with Crippen LogP contribution in [0.4, 0.5) is 4.39 Å². The highest BCUT2D eigenvalue weighted by molar-refractivity contribution is 7.13. The normalized spacial score (nSPS) is 21.4. The monoisotopic (exact) mass is 333 g/mol. The SMILES string of the molecule is C[C@@H]1C[C@H](N)CCN1C(=O)Cc1csc(-c2cccc(F)c2)n1. The molecule has 0 radical (unpaired) electrons. The number of likely N-dealkylation sites (tertiary alicyclic amines) is 1. The maximum Gasteiger partial charge on any atom is 0.228 e. The summed E-state index contributed by atoms with van der Waals surface area (Å²) in [6.07, 6.45) is 1.98. The molecule has 2 atom stereocenters. The fraction of sp³-hybridized carbons (Fsp3) is 0.412. The summed E-state index contributed by atoms with van der Waals surface area (Å²) in [6.45, 7) is 2.75. The molecule has 4 nitrogen and oxygen atoms in total. The average Bonchev–Trinajstić information content (AvgIpc) is 2.95. The minimum Gasteiger partial charge on any atom is -0.340 e. The first-order valence-electron chi connectivity index (χ1n) is 7.78. The van der Waals surface area contributed by atoms with Gasteiger partial charge < -0.3 is 10.6 Å². The first-order chi connectivity index (χ1) is 11.0. The Labute approximate surface area is 139 Å². The van der Waals surface area contributed by atoms with Crippen molar-refractivity contribution in [1.82, 2.24) is 9.88 Å². The van der Waals surface area contributed by atoms with Gasteiger partial charge in [-0.3, -0.25) is 4.79 Å². The number of carbonyl (C=O) groups excluding carboxylic acids is 1. The van der Waals surface area contributed by atoms with Crippen molar-refractivity contribution in [3.8, 4) is 10.6 Å². The van der Waals surface area contributed by atoms with Gasteiger partial charge in [0, 0.05) is 29.6 Å². The molecule has 2 aromatic rings. The van der Waals surface area contributed by atoms with Gasteiger partial charge in [0.25, 0.3) is 0 Å². The van der Waals surface area contributed by atoms with E-state index in [9.17, 15) is 9.18 Å². The van der Waals surface area contributed by atoms with E-state index in [1.54, 1.807) is 6.07 Å². The lowest BCUT2D eigenvalue weighted by atomic mass is 9.98. The molecular formula is C17H20FN3OS. The van der Waals surface area contributed by atoms with E-state index in [0.717, 1.165) is 29.1 Å². The van der Waals surface area contributed by atoms with Gasteiger partial charge >= 0.3 is 0 Å². The van der Waals surface area contributed by atoms with Gasteiger partial charge in [-0.15, -0.1) is 11.3 Å². The zero-order chi connectivity index (χ0) is 16.4. The smallest absolute Gasteiger partial charge is 0.228 e. The molecule has 122 valence electrons. The molecular weight excluding hydrogens is 313 g/mol. The Balaban J connectivity index is 1.68. The number of rotatable bonds is 3. The highest BCUT2D eigenvalue weighted by atomic mass is 32.1. The van der Waals surface area contributed by atoms with Gasteiger partial charge in [0.05, 0.1) is 12.1 Å². The summed E-state index contributed by atoms with van der Waals surface area (Å²) in [5.74, 6) is -0.200. The van der Waals surface area contributed by atoms with Crippen LogP contribution in [0.25, 0.3) is 10.6 Å². The third kappa shape index (κ3) is 3.76. The van der Waals surface area contributed by atoms with E-state index in [1.807, 2.05) is 23.3 Å². The molecule has 1 aliphatic heterocycles. The van der Waals surface area contributed by atoms with Crippen LogP contribution in [-0.2, 0) is 11.2 Å². The largest absolute Gasteiger partial charge is 0.340 e. The molecule has 1 saturated heterocycles. The van der Waals surface area contributed by atoms with E-state index in [-0.39, 0.29) is 30.2 Å². The molecule has 3 rings (SSSR count). The predicted octanol–water partition coefficient (Wildman–Crippen LogP) is 2.83. The van der Waals surface area contributed by atoms with Crippen LogP contribution in [0.3, 0.4) is 0 Å². The van der Waals surface area contributed by atoms with E-state index in [2.05, 4.69) is 4.98 Å². The number of benzene rings is 1. The van der Waals surface area contributed by atoms with Gasteiger partial charge in [0.1, 0.15) is 10.8 Å². The lowest BCUT2D eigenvalue weighted by molar-refractivity contribution is -0.133. The van der Waals surface area contributed by atoms with Crippen LogP contribution in [0.2, 0.25) is 0 Å². The van der Waals surface area contributed by atoms with Crippen molar-refractivity contribution in [2.45, 2.75) is 38.3 Å². The summed E-state index contributed by atoms with van der Waals surface area (Å²) in [5, 5.41) is 2.61. The quantitative estimate of drug-likeness (QED) is 0.939. The molecule has 0 saturated carbocycles. The molecule has 1 aromatic heterocycles. The van der Waals surface area contributed by atoms with Crippen molar-refractivity contribution in [3.63, 3.8) is 0 Å². The lowest BCUT2D eigenvalue weighted by Gasteiger charge is -2.36. The number of nitrogens with zero attached hydrogens (tertiary/aromatic N) is 2. The maximum atomic E-state index is 13.3. The maximum absolute atomic E-state index is 13.3. The average molecular weight is 333 g/mol. The number of hydrogen-bond donors (Lipinski definition) is 1. The van der Waals surface area contributed by atoms with Crippen LogP contribution in [0.5, 0.6) is 0 Å². The van der Waals surface area contributed by atoms with Crippen LogP contribution in [0.15, 0.2) is 29.6 Å². The zero-order valence-electron chi connectivity index (χ0n) is 13.0. The second-order valence-corrected chi connectivity index (χ2v) is 6.91. The standard InChI is InChI=1S/C17H20FN3OS/c1-11-7-14(19)5-6-21(11)16(22)9-15-10-23-17(20-15)12-3-2-4-13(18)8-12/h2-4,8,10-11,14H,5-7,9,19H2,1H3/t11-,14-/m1/s1. The van der Waals surface area contributed by atoms with E-state index in [0.29, 0.717) is 6.54 Å². The van der Waals surface area contributed by atoms with Gasteiger partial charge in [0.15, 0.2) is 0 Å². The number of hydrogen-bond acceptors (Lipinski definition) is 4. The highest BCUT2D eigenvalue weighted by Crippen LogP contribution is 2.25. The Morgan fingerprint density at radius 1 is 1.52 bits per heavy atom. The first kappa shape index (κ1) is 16.1. The molecule has 1 fully saturated rings. The summed E-state index contributed by atoms with van der Waals surface area (Å²) < 4.78 is 13.3. The molecule has 1 aromatic carbocycles. The number of piperidine rings is 1. The molecule has 0 bridgehead atoms. The second kappa shape index (κ2) is 6.76. The van der Waals surface area contributed by atoms with Crippen LogP contribution in [-0.4, -0.2) is 34.4 Å². The Morgan fingerprint density at radius 2 is 2.35 bits per heavy atom. The number of halogens is 1. The number of thiazole rings is 1. The number of nitrogens with two attached hydrogens (primary N) is 1. The van der Waals surface area contributed by atoms with Gasteiger partial charge in [-0.05, 0) is 31.9 Å². The van der Waals surface area contributed by atoms with Crippen molar-refractivity contribution < 1.29 is 9.18 Å². The van der Waals surface area contributed by atoms with Crippen molar-refractivity contribution in [2.75, 3.05) is 6.54 Å². The molecule has 1 amide bonds. The van der Waals surface area contributed by atoms with E-state index >= 15 is 0 Å². The molecule has 0 aliphatic carbocycles. The van der Waals surface area contributed by atoms with Crippen LogP contribution in [0.1, 0.15) is 25.5 Å². The molecule has 6 heteroatoms. The molecule has 0 spiro atoms. The van der Waals surface area contributed by atoms with Crippen LogP contribution in [0, 0.1) is 5.82 Å². The fourth-order valence-electron chi connectivity index (χ4n) is 2.98. The van der Waals surface area contributed by atoms with Crippen molar-refractivity contribution >= 4 is 17.2 Å². The highest BCUT2D eigenvalue weighted by Gasteiger charge is 2.27. The molecule has 0 unspecified atom stereocenters. The minimum atomic E-state index is -0.284. The third-order valence-corrected chi connectivity index (χ3v) is 5.13. The van der Waals surface area contributed by atoms with Gasteiger partial charge in [-0.2, -0.15) is 0 Å². The van der Waals surface area contributed by atoms with Gasteiger partial charge in [-0.25, -0.2) is 9.37 Å². The summed E-state index contributed by atoms with van der Waals surface area (Å²) in [4.78, 5) is 18.8. The number of carbonyl (C=O) groups is 1. The second-order valence-electron chi connectivity index (χ2n) is 6.05. The summed E-state index contributed by atoms with van der Waals surface area (Å²) >= 11 is 1.43. The third-order valence-electron chi connectivity index (χ3n) is 4.19. The first-order valence-corrected chi connectivity index (χ1v) is 8.66. The fourth-order valence-corrected chi connectivity index (χ4v) is 3.79. The Bertz CT molecular complexity index is 703. The summed E-state index contributed by atoms with van der Waals surface area (Å²) in [5.41, 5.74) is 7.42. The topological polar surface area (TPSA) is 59.2 Å². The molecule has 1 aliphatic rings. The van der Waals surface area contributed by atoms with Crippen molar-refractivity contribution in [1.29, 1.82) is 0 Å². The molecule has 2 N–H and O–H groups in total. The Hall–Kier alpha value is -1.79. The van der Waals surface area contributed by atoms with Gasteiger partial charge in [-0.1, -0.05) is 12.1 Å². The van der Waals surface area contributed by atoms with Crippen molar-refractivity contribution in [2.24, 2.45) is 5.73 Å². The van der Waals surface area contributed by atoms with Gasteiger partial charge in [0.2, 0.25) is 5.91 Å². The molecule has 23 heavy (non-hydrogen) atoms. The Morgan fingerprint density at radius 3 is 3.09 bits per heavy atom. The number of amides is 1. The summed E-state index contributed by atoms with van der Waals surface area (Å²) in [6, 6.07) is 6.71. The van der Waals surface area contributed by atoms with Crippen LogP contribution >= 0.6 is 11.3 Å². The summed E-state index contributed by atoms with van der Waals surface area (Å²) in [7, 11) is 0. The Kier molecular flexibility index (Phi) is 4.73. The lowest BCUT2D eigenvalue weighted by Crippen LogP contribution is -2.48. The zero-order valence-corrected chi connectivity index (χ0v) is 13.9. The van der Waals surface area contributed by atoms with E-state index < -0.39 is 0 Å². The van der Waals surface area contributed by atoms with Crippen LogP contribution < -0.4 is 5.73 Å². The predicted molar refractivity (Wildman–Crippen MR) is 89.6 cm³/mol. The van der Waals surface area contributed by atoms with E-state index in [1.165, 1.54) is 23.5 Å². The van der Waals surface area contributed by atoms with Crippen molar-refractivity contribution in [3.05, 3.63) is 41.2 Å².